The molecule has 146 valence electrons. The van der Waals surface area contributed by atoms with Gasteiger partial charge < -0.3 is 9.15 Å². The number of esters is 1. The van der Waals surface area contributed by atoms with Gasteiger partial charge in [0.05, 0.1) is 16.5 Å². The lowest BCUT2D eigenvalue weighted by Gasteiger charge is -2.10. The van der Waals surface area contributed by atoms with Crippen LogP contribution in [0.4, 0.5) is 0 Å². The Kier molecular flexibility index (Phi) is 4.35. The highest BCUT2D eigenvalue weighted by Gasteiger charge is 2.16. The van der Waals surface area contributed by atoms with Crippen molar-refractivity contribution in [2.45, 2.75) is 38.8 Å². The molecule has 2 aromatic heterocycles. The Morgan fingerprint density at radius 1 is 1.07 bits per heavy atom. The van der Waals surface area contributed by atoms with E-state index in [2.05, 4.69) is 9.97 Å². The van der Waals surface area contributed by atoms with Crippen LogP contribution in [0.5, 0.6) is 0 Å². The number of aromatic nitrogens is 3. The summed E-state index contributed by atoms with van der Waals surface area (Å²) in [5.41, 5.74) is 2.20. The minimum Gasteiger partial charge on any atom is -0.452 e. The number of carbonyl (C=O) groups excluding carboxylic acids is 1. The van der Waals surface area contributed by atoms with Crippen molar-refractivity contribution < 1.29 is 13.9 Å². The van der Waals surface area contributed by atoms with Crippen molar-refractivity contribution in [1.29, 1.82) is 0 Å². The molecule has 0 bridgehead atoms. The van der Waals surface area contributed by atoms with Gasteiger partial charge in [0.15, 0.2) is 12.2 Å². The van der Waals surface area contributed by atoms with Crippen LogP contribution in [0.25, 0.3) is 22.0 Å². The van der Waals surface area contributed by atoms with E-state index < -0.39 is 5.97 Å². The average Bonchev–Trinajstić information content (AvgIpc) is 3.01. The largest absolute Gasteiger partial charge is 0.452 e. The number of benzene rings is 2. The molecule has 5 rings (SSSR count). The lowest BCUT2D eigenvalue weighted by Crippen LogP contribution is -2.24. The summed E-state index contributed by atoms with van der Waals surface area (Å²) in [6.45, 7) is 0.636. The minimum absolute atomic E-state index is 0.0432. The molecule has 0 spiro atoms. The maximum atomic E-state index is 12.8. The first-order valence-electron chi connectivity index (χ1n) is 9.74. The van der Waals surface area contributed by atoms with Gasteiger partial charge in [0.1, 0.15) is 11.3 Å². The number of hydrogen-bond donors (Lipinski definition) is 0. The fourth-order valence-electron chi connectivity index (χ4n) is 3.74. The fourth-order valence-corrected chi connectivity index (χ4v) is 3.74. The molecule has 0 amide bonds. The van der Waals surface area contributed by atoms with Crippen molar-refractivity contribution >= 4 is 28.0 Å². The summed E-state index contributed by atoms with van der Waals surface area (Å²) in [6.07, 6.45) is 3.87. The summed E-state index contributed by atoms with van der Waals surface area (Å²) in [6, 6.07) is 12.2. The second kappa shape index (κ2) is 7.16. The third kappa shape index (κ3) is 3.29. The Hall–Kier alpha value is -3.48. The number of ether oxygens (including phenoxy) is 1. The number of rotatable bonds is 3. The Morgan fingerprint density at radius 2 is 1.97 bits per heavy atom. The molecule has 0 fully saturated rings. The first-order chi connectivity index (χ1) is 14.2. The summed E-state index contributed by atoms with van der Waals surface area (Å²) in [5, 5.41) is 0.520. The first kappa shape index (κ1) is 17.6. The quantitative estimate of drug-likeness (QED) is 0.497. The Bertz CT molecular complexity index is 1260. The van der Waals surface area contributed by atoms with Crippen molar-refractivity contribution in [1.82, 2.24) is 14.5 Å². The Morgan fingerprint density at radius 3 is 2.86 bits per heavy atom. The summed E-state index contributed by atoms with van der Waals surface area (Å²) < 4.78 is 12.7. The monoisotopic (exact) mass is 389 g/mol. The van der Waals surface area contributed by atoms with Crippen molar-refractivity contribution in [3.63, 3.8) is 0 Å². The smallest absolute Gasteiger partial charge is 0.338 e. The maximum Gasteiger partial charge on any atom is 0.338 e. The number of hydrogen-bond acceptors (Lipinski definition) is 6. The van der Waals surface area contributed by atoms with Crippen LogP contribution in [0.3, 0.4) is 0 Å². The van der Waals surface area contributed by atoms with E-state index in [9.17, 15) is 9.59 Å². The number of fused-ring (bicyclic) bond motifs is 3. The molecular formula is C22H19N3O4. The molecule has 3 heterocycles. The summed E-state index contributed by atoms with van der Waals surface area (Å²) in [5.74, 6) is 0.616. The van der Waals surface area contributed by atoms with Gasteiger partial charge in [0, 0.05) is 13.0 Å². The second-order valence-corrected chi connectivity index (χ2v) is 7.18. The SMILES string of the molecule is O=C(OCc1nc2ccccc2o1)c1ccc2c(=O)n3c(nc2c1)CCCCC3. The van der Waals surface area contributed by atoms with Crippen molar-refractivity contribution in [2.24, 2.45) is 0 Å². The second-order valence-electron chi connectivity index (χ2n) is 7.18. The molecule has 2 aromatic carbocycles. The number of oxazole rings is 1. The molecule has 0 unspecified atom stereocenters. The number of para-hydroxylation sites is 2. The van der Waals surface area contributed by atoms with Gasteiger partial charge >= 0.3 is 5.97 Å². The molecule has 0 saturated heterocycles. The van der Waals surface area contributed by atoms with Gasteiger partial charge in [-0.25, -0.2) is 14.8 Å². The van der Waals surface area contributed by atoms with Gasteiger partial charge in [-0.3, -0.25) is 9.36 Å². The van der Waals surface area contributed by atoms with Gasteiger partial charge in [-0.05, 0) is 43.2 Å². The molecule has 7 heteroatoms. The van der Waals surface area contributed by atoms with E-state index in [0.29, 0.717) is 34.5 Å². The van der Waals surface area contributed by atoms with Crippen molar-refractivity contribution in [3.8, 4) is 0 Å². The summed E-state index contributed by atoms with van der Waals surface area (Å²) in [7, 11) is 0. The maximum absolute atomic E-state index is 12.8. The van der Waals surface area contributed by atoms with E-state index in [4.69, 9.17) is 9.15 Å². The van der Waals surface area contributed by atoms with E-state index in [-0.39, 0.29) is 12.2 Å². The molecule has 0 atom stereocenters. The van der Waals surface area contributed by atoms with Crippen LogP contribution >= 0.6 is 0 Å². The highest BCUT2D eigenvalue weighted by molar-refractivity contribution is 5.94. The van der Waals surface area contributed by atoms with Crippen LogP contribution in [0.1, 0.15) is 41.3 Å². The fraction of sp³-hybridized carbons (Fsp3) is 0.273. The van der Waals surface area contributed by atoms with Gasteiger partial charge in [-0.15, -0.1) is 0 Å². The average molecular weight is 389 g/mol. The van der Waals surface area contributed by atoms with Crippen molar-refractivity contribution in [3.05, 3.63) is 70.1 Å². The molecule has 7 nitrogen and oxygen atoms in total. The third-order valence-corrected chi connectivity index (χ3v) is 5.22. The van der Waals surface area contributed by atoms with Gasteiger partial charge in [0.2, 0.25) is 5.89 Å². The van der Waals surface area contributed by atoms with E-state index in [1.165, 1.54) is 0 Å². The van der Waals surface area contributed by atoms with Crippen LogP contribution in [-0.4, -0.2) is 20.5 Å². The van der Waals surface area contributed by atoms with Gasteiger partial charge in [0.25, 0.3) is 5.56 Å². The molecule has 0 N–H and O–H groups in total. The molecule has 29 heavy (non-hydrogen) atoms. The van der Waals surface area contributed by atoms with E-state index in [1.807, 2.05) is 24.3 Å². The number of nitrogens with zero attached hydrogens (tertiary/aromatic N) is 3. The Labute approximate surface area is 166 Å². The molecule has 0 saturated carbocycles. The summed E-state index contributed by atoms with van der Waals surface area (Å²) >= 11 is 0. The topological polar surface area (TPSA) is 87.2 Å². The minimum atomic E-state index is -0.508. The molecule has 0 aliphatic carbocycles. The molecular weight excluding hydrogens is 370 g/mol. The van der Waals surface area contributed by atoms with E-state index in [0.717, 1.165) is 37.0 Å². The lowest BCUT2D eigenvalue weighted by molar-refractivity contribution is 0.0440. The van der Waals surface area contributed by atoms with Crippen LogP contribution in [0, 0.1) is 0 Å². The van der Waals surface area contributed by atoms with Crippen LogP contribution < -0.4 is 5.56 Å². The number of aryl methyl sites for hydroxylation is 1. The van der Waals surface area contributed by atoms with Crippen molar-refractivity contribution in [2.75, 3.05) is 0 Å². The zero-order valence-corrected chi connectivity index (χ0v) is 15.8. The predicted molar refractivity (Wildman–Crippen MR) is 107 cm³/mol. The van der Waals surface area contributed by atoms with Gasteiger partial charge in [-0.1, -0.05) is 18.6 Å². The van der Waals surface area contributed by atoms with Gasteiger partial charge in [-0.2, -0.15) is 0 Å². The highest BCUT2D eigenvalue weighted by Crippen LogP contribution is 2.18. The van der Waals surface area contributed by atoms with E-state index in [1.54, 1.807) is 22.8 Å². The number of carbonyl (C=O) groups is 1. The lowest BCUT2D eigenvalue weighted by atomic mass is 10.1. The zero-order chi connectivity index (χ0) is 19.8. The van der Waals surface area contributed by atoms with Crippen LogP contribution in [0.15, 0.2) is 51.7 Å². The summed E-state index contributed by atoms with van der Waals surface area (Å²) in [4.78, 5) is 34.2. The zero-order valence-electron chi connectivity index (χ0n) is 15.8. The van der Waals surface area contributed by atoms with Crippen LogP contribution in [0.2, 0.25) is 0 Å². The first-order valence-corrected chi connectivity index (χ1v) is 9.74. The van der Waals surface area contributed by atoms with E-state index >= 15 is 0 Å². The standard InChI is InChI=1S/C22H19N3O4/c26-21-15-10-9-14(12-17(15)23-19-8-2-1-5-11-25(19)21)22(27)28-13-20-24-16-6-3-4-7-18(16)29-20/h3-4,6-7,9-10,12H,1-2,5,8,11,13H2. The highest BCUT2D eigenvalue weighted by atomic mass is 16.5. The molecule has 1 aliphatic heterocycles. The normalized spacial score (nSPS) is 13.9. The molecule has 4 aromatic rings. The Balaban J connectivity index is 1.40. The van der Waals surface area contributed by atoms with Crippen LogP contribution in [-0.2, 0) is 24.3 Å². The molecule has 1 aliphatic rings. The predicted octanol–water partition coefficient (Wildman–Crippen LogP) is 3.62. The molecule has 0 radical (unpaired) electrons. The third-order valence-electron chi connectivity index (χ3n) is 5.22.